The number of carbonyl (C=O) groups is 3. The van der Waals surface area contributed by atoms with Gasteiger partial charge in [-0.05, 0) is 33.6 Å². The summed E-state index contributed by atoms with van der Waals surface area (Å²) in [6, 6.07) is 2.79. The average molecular weight is 592 g/mol. The summed E-state index contributed by atoms with van der Waals surface area (Å²) in [6.07, 6.45) is 5.83. The van der Waals surface area contributed by atoms with E-state index in [2.05, 4.69) is 36.4 Å². The first-order chi connectivity index (χ1) is 17.3. The maximum atomic E-state index is 13.1. The highest BCUT2D eigenvalue weighted by Gasteiger charge is 2.53. The van der Waals surface area contributed by atoms with Crippen molar-refractivity contribution < 1.29 is 28.7 Å². The number of nitrogens with zero attached hydrogens (tertiary/aromatic N) is 4. The van der Waals surface area contributed by atoms with Crippen LogP contribution in [-0.4, -0.2) is 62.6 Å². The number of nitrogen functional groups attached to an aromatic ring is 1. The van der Waals surface area contributed by atoms with Crippen molar-refractivity contribution in [3.05, 3.63) is 57.0 Å². The number of hydrogen-bond acceptors (Lipinski definition) is 10. The number of amides is 2. The Morgan fingerprint density at radius 1 is 1.47 bits per heavy atom. The Labute approximate surface area is 220 Å². The summed E-state index contributed by atoms with van der Waals surface area (Å²) in [7, 11) is 1.27. The van der Waals surface area contributed by atoms with Gasteiger partial charge in [-0.2, -0.15) is 0 Å². The van der Waals surface area contributed by atoms with E-state index in [1.165, 1.54) is 23.8 Å². The minimum Gasteiger partial charge on any atom is -0.543 e. The maximum absolute atomic E-state index is 13.1. The molecule has 0 aliphatic carbocycles. The molecule has 3 aromatic rings. The summed E-state index contributed by atoms with van der Waals surface area (Å²) in [5.74, 6) is -2.36. The van der Waals surface area contributed by atoms with E-state index in [0.29, 0.717) is 21.5 Å². The molecule has 4 N–H and O–H groups in total. The van der Waals surface area contributed by atoms with Crippen LogP contribution in [0.5, 0.6) is 0 Å². The van der Waals surface area contributed by atoms with E-state index < -0.39 is 29.2 Å². The summed E-state index contributed by atoms with van der Waals surface area (Å²) in [4.78, 5) is 51.3. The van der Waals surface area contributed by atoms with E-state index in [-0.39, 0.29) is 22.2 Å². The van der Waals surface area contributed by atoms with Crippen LogP contribution in [0, 0.1) is 0 Å². The number of carboxylic acid groups (broad SMARTS) is 1. The Hall–Kier alpha value is -3.43. The Kier molecular flexibility index (Phi) is 6.44. The first kappa shape index (κ1) is 24.3. The van der Waals surface area contributed by atoms with Crippen LogP contribution in [0.1, 0.15) is 11.3 Å². The second-order valence-corrected chi connectivity index (χ2v) is 11.3. The van der Waals surface area contributed by atoms with Crippen LogP contribution in [-0.2, 0) is 25.6 Å². The molecule has 0 saturated carbocycles. The number of imidazole rings is 1. The molecule has 0 aromatic carbocycles. The monoisotopic (exact) mass is 591 g/mol. The zero-order valence-electron chi connectivity index (χ0n) is 18.6. The van der Waals surface area contributed by atoms with E-state index in [1.807, 2.05) is 28.9 Å². The molecule has 0 radical (unpaired) electrons. The third-order valence-corrected chi connectivity index (χ3v) is 8.59. The van der Waals surface area contributed by atoms with Crippen LogP contribution in [0.15, 0.2) is 50.9 Å². The van der Waals surface area contributed by atoms with Crippen LogP contribution in [0.4, 0.5) is 5.13 Å². The molecule has 2 aliphatic heterocycles. The fourth-order valence-electron chi connectivity index (χ4n) is 4.20. The number of carboxylic acids is 1. The molecule has 3 aromatic heterocycles. The molecule has 2 amide bonds. The summed E-state index contributed by atoms with van der Waals surface area (Å²) in [5.41, 5.74) is 7.81. The van der Waals surface area contributed by atoms with Crippen LogP contribution in [0.25, 0.3) is 5.65 Å². The number of nitrogens with one attached hydrogen (secondary N) is 2. The summed E-state index contributed by atoms with van der Waals surface area (Å²) >= 11 is 5.76. The number of aromatic amines is 1. The summed E-state index contributed by atoms with van der Waals surface area (Å²) in [5, 5.41) is 18.1. The standard InChI is InChI=1S/C21H18BrN7O5S2/c1-34-27-12(11-15(22)36-21(23)26-11)17(30)25-13-18(31)29-14(20(32)33)10(8-35-19(13)29)7-9-3-2-5-28-6-4-24-16(9)28/h2-6,13,19H,7-8H2,1H3,(H4,23,25,26,30,32,33)/b27-12-/t13-,19+/m1/s1. The maximum Gasteiger partial charge on any atom is 0.287 e. The van der Waals surface area contributed by atoms with Gasteiger partial charge in [-0.15, -0.1) is 11.8 Å². The molecule has 0 spiro atoms. The lowest BCUT2D eigenvalue weighted by atomic mass is 9.99. The van der Waals surface area contributed by atoms with Crippen molar-refractivity contribution in [3.63, 3.8) is 0 Å². The molecule has 36 heavy (non-hydrogen) atoms. The highest BCUT2D eigenvalue weighted by atomic mass is 79.9. The van der Waals surface area contributed by atoms with Gasteiger partial charge in [0.25, 0.3) is 17.5 Å². The molecule has 1 fully saturated rings. The van der Waals surface area contributed by atoms with Crippen molar-refractivity contribution in [1.82, 2.24) is 20.2 Å². The Bertz CT molecular complexity index is 1470. The molecule has 2 aliphatic rings. The molecule has 0 unspecified atom stereocenters. The van der Waals surface area contributed by atoms with Gasteiger partial charge in [0.2, 0.25) is 0 Å². The Morgan fingerprint density at radius 2 is 2.28 bits per heavy atom. The second kappa shape index (κ2) is 9.55. The predicted octanol–water partition coefficient (Wildman–Crippen LogP) is -0.448. The zero-order chi connectivity index (χ0) is 25.6. The van der Waals surface area contributed by atoms with Gasteiger partial charge in [0, 0.05) is 17.7 Å². The van der Waals surface area contributed by atoms with Gasteiger partial charge < -0.3 is 25.8 Å². The average Bonchev–Trinajstić information content (AvgIpc) is 3.46. The number of hydrogen-bond donors (Lipinski definition) is 3. The third-order valence-electron chi connectivity index (χ3n) is 5.72. The number of aliphatic carboxylic acids is 1. The SMILES string of the molecule is CO/N=C(\C(=O)N[C@@H]1C(=O)N2C(C(=O)[O-])=C(Cc3ccc[n+]4cc[nH]c34)CS[C@@H]12)c1nc(N)sc1Br. The topological polar surface area (TPSA) is 170 Å². The van der Waals surface area contributed by atoms with Gasteiger partial charge in [-0.25, -0.2) is 14.4 Å². The van der Waals surface area contributed by atoms with Crippen LogP contribution in [0.2, 0.25) is 0 Å². The number of pyridine rings is 1. The number of oxime groups is 1. The lowest BCUT2D eigenvalue weighted by Crippen LogP contribution is -2.71. The van der Waals surface area contributed by atoms with Crippen molar-refractivity contribution in [2.75, 3.05) is 18.6 Å². The van der Waals surface area contributed by atoms with Gasteiger partial charge >= 0.3 is 0 Å². The van der Waals surface area contributed by atoms with E-state index >= 15 is 0 Å². The smallest absolute Gasteiger partial charge is 0.287 e. The lowest BCUT2D eigenvalue weighted by molar-refractivity contribution is -0.510. The van der Waals surface area contributed by atoms with E-state index in [4.69, 9.17) is 10.6 Å². The zero-order valence-corrected chi connectivity index (χ0v) is 21.8. The second-order valence-electron chi connectivity index (χ2n) is 7.82. The highest BCUT2D eigenvalue weighted by Crippen LogP contribution is 2.41. The van der Waals surface area contributed by atoms with Gasteiger partial charge in [0.15, 0.2) is 10.8 Å². The number of aromatic nitrogens is 3. The molecule has 15 heteroatoms. The summed E-state index contributed by atoms with van der Waals surface area (Å²) < 4.78 is 2.36. The molecule has 5 heterocycles. The highest BCUT2D eigenvalue weighted by molar-refractivity contribution is 9.11. The van der Waals surface area contributed by atoms with Gasteiger partial charge in [0.05, 0.1) is 17.9 Å². The number of H-pyrrole nitrogens is 1. The van der Waals surface area contributed by atoms with Gasteiger partial charge in [-0.1, -0.05) is 16.5 Å². The van der Waals surface area contributed by atoms with Crippen LogP contribution in [0.3, 0.4) is 0 Å². The third kappa shape index (κ3) is 4.12. The largest absolute Gasteiger partial charge is 0.543 e. The first-order valence-electron chi connectivity index (χ1n) is 10.5. The number of rotatable bonds is 7. The van der Waals surface area contributed by atoms with Crippen molar-refractivity contribution in [2.45, 2.75) is 17.8 Å². The molecule has 1 saturated heterocycles. The van der Waals surface area contributed by atoms with Crippen molar-refractivity contribution in [1.29, 1.82) is 0 Å². The number of thioether (sulfide) groups is 1. The van der Waals surface area contributed by atoms with E-state index in [9.17, 15) is 19.5 Å². The molecule has 2 atom stereocenters. The number of carbonyl (C=O) groups excluding carboxylic acids is 3. The first-order valence-corrected chi connectivity index (χ1v) is 13.1. The minimum absolute atomic E-state index is 0.163. The molecular weight excluding hydrogens is 574 g/mol. The number of nitrogens with two attached hydrogens (primary N) is 1. The Morgan fingerprint density at radius 3 is 2.97 bits per heavy atom. The number of β-lactam (4-membered cyclic amide) rings is 1. The molecule has 186 valence electrons. The van der Waals surface area contributed by atoms with Gasteiger partial charge in [-0.3, -0.25) is 14.5 Å². The molecule has 12 nitrogen and oxygen atoms in total. The summed E-state index contributed by atoms with van der Waals surface area (Å²) in [6.45, 7) is 0. The van der Waals surface area contributed by atoms with Crippen molar-refractivity contribution in [3.8, 4) is 0 Å². The van der Waals surface area contributed by atoms with E-state index in [1.54, 1.807) is 6.20 Å². The quantitative estimate of drug-likeness (QED) is 0.143. The van der Waals surface area contributed by atoms with Gasteiger partial charge in [0.1, 0.15) is 40.4 Å². The fraction of sp³-hybridized carbons (Fsp3) is 0.238. The normalized spacial score (nSPS) is 19.8. The van der Waals surface area contributed by atoms with E-state index in [0.717, 1.165) is 22.5 Å². The Balaban J connectivity index is 1.38. The van der Waals surface area contributed by atoms with Crippen molar-refractivity contribution in [2.24, 2.45) is 5.16 Å². The van der Waals surface area contributed by atoms with Crippen LogP contribution < -0.4 is 20.6 Å². The molecule has 5 rings (SSSR count). The lowest BCUT2D eigenvalue weighted by Gasteiger charge is -2.50. The minimum atomic E-state index is -1.44. The number of fused-ring (bicyclic) bond motifs is 2. The molecule has 0 bridgehead atoms. The van der Waals surface area contributed by atoms with Crippen molar-refractivity contribution >= 4 is 73.3 Å². The number of thiazole rings is 1. The number of halogens is 1. The predicted molar refractivity (Wildman–Crippen MR) is 132 cm³/mol. The molecular formula is C21H18BrN7O5S2. The van der Waals surface area contributed by atoms with Crippen LogP contribution >= 0.6 is 39.0 Å². The fourth-order valence-corrected chi connectivity index (χ4v) is 6.87. The number of anilines is 1.